The summed E-state index contributed by atoms with van der Waals surface area (Å²) >= 11 is 0. The molecule has 3 aromatic rings. The van der Waals surface area contributed by atoms with Crippen molar-refractivity contribution in [1.82, 2.24) is 10.2 Å². The summed E-state index contributed by atoms with van der Waals surface area (Å²) in [6, 6.07) is 22.7. The molecule has 0 aliphatic heterocycles. The van der Waals surface area contributed by atoms with E-state index >= 15 is 0 Å². The summed E-state index contributed by atoms with van der Waals surface area (Å²) in [5, 5.41) is 3.23. The molecule has 6 heteroatoms. The predicted octanol–water partition coefficient (Wildman–Crippen LogP) is 5.39. The van der Waals surface area contributed by atoms with E-state index < -0.39 is 6.04 Å². The molecule has 1 fully saturated rings. The molecule has 1 atom stereocenters. The molecular formula is C32H38N2O4. The quantitative estimate of drug-likeness (QED) is 0.373. The standard InChI is InChI=1S/C32H38N2O4/c1-23-16-17-29(18-24(23)2)38-22-31(35)34(21-26-12-9-15-28(19-26)37-3)30(20-25-10-5-4-6-11-25)32(36)33-27-13-7-8-14-27/h4-6,9-12,15-19,27,30H,7-8,13-14,20-22H2,1-3H3,(H,33,36). The van der Waals surface area contributed by atoms with Crippen LogP contribution in [0.2, 0.25) is 0 Å². The highest BCUT2D eigenvalue weighted by Gasteiger charge is 2.32. The lowest BCUT2D eigenvalue weighted by Gasteiger charge is -2.32. The van der Waals surface area contributed by atoms with Gasteiger partial charge in [0.15, 0.2) is 6.61 Å². The lowest BCUT2D eigenvalue weighted by atomic mass is 10.0. The van der Waals surface area contributed by atoms with Gasteiger partial charge in [0, 0.05) is 19.0 Å². The summed E-state index contributed by atoms with van der Waals surface area (Å²) in [5.41, 5.74) is 4.14. The van der Waals surface area contributed by atoms with Gasteiger partial charge in [-0.2, -0.15) is 0 Å². The third-order valence-corrected chi connectivity index (χ3v) is 7.30. The zero-order valence-corrected chi connectivity index (χ0v) is 22.6. The van der Waals surface area contributed by atoms with E-state index in [2.05, 4.69) is 5.32 Å². The van der Waals surface area contributed by atoms with E-state index in [0.29, 0.717) is 17.9 Å². The number of hydrogen-bond acceptors (Lipinski definition) is 4. The van der Waals surface area contributed by atoms with Crippen LogP contribution in [-0.4, -0.2) is 42.5 Å². The predicted molar refractivity (Wildman–Crippen MR) is 149 cm³/mol. The minimum atomic E-state index is -0.681. The van der Waals surface area contributed by atoms with Gasteiger partial charge in [-0.05, 0) is 73.2 Å². The zero-order chi connectivity index (χ0) is 26.9. The Kier molecular flexibility index (Phi) is 9.41. The topological polar surface area (TPSA) is 67.9 Å². The van der Waals surface area contributed by atoms with E-state index in [9.17, 15) is 9.59 Å². The first-order valence-corrected chi connectivity index (χ1v) is 13.4. The fraction of sp³-hybridized carbons (Fsp3) is 0.375. The fourth-order valence-electron chi connectivity index (χ4n) is 4.92. The molecule has 1 N–H and O–H groups in total. The lowest BCUT2D eigenvalue weighted by molar-refractivity contribution is -0.143. The molecule has 0 bridgehead atoms. The van der Waals surface area contributed by atoms with Gasteiger partial charge in [-0.3, -0.25) is 9.59 Å². The van der Waals surface area contributed by atoms with Crippen LogP contribution in [0.5, 0.6) is 11.5 Å². The number of nitrogens with zero attached hydrogens (tertiary/aromatic N) is 1. The zero-order valence-electron chi connectivity index (χ0n) is 22.6. The summed E-state index contributed by atoms with van der Waals surface area (Å²) in [6.07, 6.45) is 4.60. The van der Waals surface area contributed by atoms with Crippen molar-refractivity contribution in [2.24, 2.45) is 0 Å². The van der Waals surface area contributed by atoms with E-state index in [4.69, 9.17) is 9.47 Å². The maximum absolute atomic E-state index is 13.8. The number of benzene rings is 3. The molecule has 1 aliphatic carbocycles. The molecule has 0 spiro atoms. The van der Waals surface area contributed by atoms with Crippen LogP contribution in [0.3, 0.4) is 0 Å². The third kappa shape index (κ3) is 7.37. The van der Waals surface area contributed by atoms with Crippen molar-refractivity contribution in [3.8, 4) is 11.5 Å². The van der Waals surface area contributed by atoms with Crippen LogP contribution in [-0.2, 0) is 22.6 Å². The molecule has 1 unspecified atom stereocenters. The van der Waals surface area contributed by atoms with Crippen LogP contribution in [0.25, 0.3) is 0 Å². The first-order valence-electron chi connectivity index (χ1n) is 13.4. The molecule has 0 radical (unpaired) electrons. The molecule has 3 aromatic carbocycles. The molecular weight excluding hydrogens is 476 g/mol. The summed E-state index contributed by atoms with van der Waals surface area (Å²) in [6.45, 7) is 4.16. The summed E-state index contributed by atoms with van der Waals surface area (Å²) < 4.78 is 11.3. The van der Waals surface area contributed by atoms with Crippen LogP contribution >= 0.6 is 0 Å². The van der Waals surface area contributed by atoms with Gasteiger partial charge in [-0.15, -0.1) is 0 Å². The minimum absolute atomic E-state index is 0.122. The van der Waals surface area contributed by atoms with Crippen LogP contribution in [0.15, 0.2) is 72.8 Å². The molecule has 0 aromatic heterocycles. The molecule has 6 nitrogen and oxygen atoms in total. The van der Waals surface area contributed by atoms with Crippen molar-refractivity contribution in [2.75, 3.05) is 13.7 Å². The van der Waals surface area contributed by atoms with Crippen molar-refractivity contribution in [3.05, 3.63) is 95.1 Å². The average molecular weight is 515 g/mol. The Bertz CT molecular complexity index is 1220. The molecule has 200 valence electrons. The van der Waals surface area contributed by atoms with Gasteiger partial charge in [-0.25, -0.2) is 0 Å². The van der Waals surface area contributed by atoms with Crippen LogP contribution in [0.4, 0.5) is 0 Å². The van der Waals surface area contributed by atoms with Gasteiger partial charge in [0.25, 0.3) is 5.91 Å². The molecule has 2 amide bonds. The third-order valence-electron chi connectivity index (χ3n) is 7.30. The number of carbonyl (C=O) groups is 2. The van der Waals surface area contributed by atoms with Crippen molar-refractivity contribution in [1.29, 1.82) is 0 Å². The Morgan fingerprint density at radius 1 is 0.895 bits per heavy atom. The summed E-state index contributed by atoms with van der Waals surface area (Å²) in [7, 11) is 1.62. The molecule has 4 rings (SSSR count). The van der Waals surface area contributed by atoms with E-state index in [-0.39, 0.29) is 31.0 Å². The first-order chi connectivity index (χ1) is 18.4. The van der Waals surface area contributed by atoms with Gasteiger partial charge in [0.2, 0.25) is 5.91 Å². The van der Waals surface area contributed by atoms with E-state index in [1.54, 1.807) is 12.0 Å². The normalized spacial score (nSPS) is 14.1. The number of aryl methyl sites for hydroxylation is 2. The minimum Gasteiger partial charge on any atom is -0.497 e. The Morgan fingerprint density at radius 3 is 2.34 bits per heavy atom. The maximum Gasteiger partial charge on any atom is 0.261 e. The van der Waals surface area contributed by atoms with Crippen LogP contribution in [0.1, 0.15) is 47.9 Å². The van der Waals surface area contributed by atoms with Crippen LogP contribution in [0, 0.1) is 13.8 Å². The summed E-state index contributed by atoms with van der Waals surface area (Å²) in [5.74, 6) is 0.978. The average Bonchev–Trinajstić information content (AvgIpc) is 3.44. The number of carbonyl (C=O) groups excluding carboxylic acids is 2. The van der Waals surface area contributed by atoms with Crippen molar-refractivity contribution < 1.29 is 19.1 Å². The van der Waals surface area contributed by atoms with Crippen LogP contribution < -0.4 is 14.8 Å². The SMILES string of the molecule is COc1cccc(CN(C(=O)COc2ccc(C)c(C)c2)C(Cc2ccccc2)C(=O)NC2CCCC2)c1. The second-order valence-electron chi connectivity index (χ2n) is 10.1. The Balaban J connectivity index is 1.62. The number of rotatable bonds is 11. The molecule has 0 heterocycles. The maximum atomic E-state index is 13.8. The Morgan fingerprint density at radius 2 is 1.63 bits per heavy atom. The van der Waals surface area contributed by atoms with Gasteiger partial charge < -0.3 is 19.7 Å². The molecule has 0 saturated heterocycles. The molecule has 1 aliphatic rings. The number of ether oxygens (including phenoxy) is 2. The Hall–Kier alpha value is -3.80. The van der Waals surface area contributed by atoms with Gasteiger partial charge in [0.05, 0.1) is 7.11 Å². The van der Waals surface area contributed by atoms with Crippen molar-refractivity contribution >= 4 is 11.8 Å². The second kappa shape index (κ2) is 13.1. The van der Waals surface area contributed by atoms with E-state index in [1.807, 2.05) is 86.6 Å². The van der Waals surface area contributed by atoms with E-state index in [1.165, 1.54) is 0 Å². The highest BCUT2D eigenvalue weighted by atomic mass is 16.5. The smallest absolute Gasteiger partial charge is 0.261 e. The second-order valence-corrected chi connectivity index (χ2v) is 10.1. The number of nitrogens with one attached hydrogen (secondary N) is 1. The number of methoxy groups -OCH3 is 1. The number of hydrogen-bond donors (Lipinski definition) is 1. The van der Waals surface area contributed by atoms with Gasteiger partial charge in [-0.1, -0.05) is 61.4 Å². The number of amides is 2. The summed E-state index contributed by atoms with van der Waals surface area (Å²) in [4.78, 5) is 29.2. The van der Waals surface area contributed by atoms with E-state index in [0.717, 1.165) is 47.9 Å². The highest BCUT2D eigenvalue weighted by molar-refractivity contribution is 5.88. The molecule has 1 saturated carbocycles. The van der Waals surface area contributed by atoms with Gasteiger partial charge in [0.1, 0.15) is 17.5 Å². The molecule has 38 heavy (non-hydrogen) atoms. The fourth-order valence-corrected chi connectivity index (χ4v) is 4.92. The monoisotopic (exact) mass is 514 g/mol. The Labute approximate surface area is 226 Å². The van der Waals surface area contributed by atoms with Gasteiger partial charge >= 0.3 is 0 Å². The first kappa shape index (κ1) is 27.2. The van der Waals surface area contributed by atoms with Crippen molar-refractivity contribution in [3.63, 3.8) is 0 Å². The highest BCUT2D eigenvalue weighted by Crippen LogP contribution is 2.22. The largest absolute Gasteiger partial charge is 0.497 e. The van der Waals surface area contributed by atoms with Crippen molar-refractivity contribution in [2.45, 2.75) is 64.6 Å². The lowest BCUT2D eigenvalue weighted by Crippen LogP contribution is -2.53.